The van der Waals surface area contributed by atoms with E-state index in [-0.39, 0.29) is 0 Å². The van der Waals surface area contributed by atoms with Gasteiger partial charge < -0.3 is 10.3 Å². The molecule has 0 aliphatic rings. The molecule has 88 valence electrons. The second-order valence-electron chi connectivity index (χ2n) is 3.92. The van der Waals surface area contributed by atoms with Gasteiger partial charge in [0, 0.05) is 17.5 Å². The second-order valence-corrected chi connectivity index (χ2v) is 4.36. The Hall–Kier alpha value is -1.75. The van der Waals surface area contributed by atoms with E-state index in [0.29, 0.717) is 17.2 Å². The maximum atomic E-state index is 5.66. The van der Waals surface area contributed by atoms with E-state index in [1.54, 1.807) is 6.20 Å². The lowest BCUT2D eigenvalue weighted by atomic mass is 10.2. The molecule has 0 radical (unpaired) electrons. The third-order valence-electron chi connectivity index (χ3n) is 2.81. The Morgan fingerprint density at radius 1 is 1.41 bits per heavy atom. The summed E-state index contributed by atoms with van der Waals surface area (Å²) in [5, 5.41) is 0. The molecule has 2 aromatic heterocycles. The van der Waals surface area contributed by atoms with E-state index in [4.69, 9.17) is 18.0 Å². The minimum Gasteiger partial charge on any atom is -0.388 e. The minimum atomic E-state index is 0.329. The molecular weight excluding hydrogens is 232 g/mol. The van der Waals surface area contributed by atoms with E-state index in [1.165, 1.54) is 0 Å². The number of nitrogens with zero attached hydrogens (tertiary/aromatic N) is 3. The fourth-order valence-corrected chi connectivity index (χ4v) is 1.86. The third-order valence-corrected chi connectivity index (χ3v) is 3.00. The zero-order valence-corrected chi connectivity index (χ0v) is 10.7. The highest BCUT2D eigenvalue weighted by Gasteiger charge is 2.08. The monoisotopic (exact) mass is 246 g/mol. The van der Waals surface area contributed by atoms with E-state index < -0.39 is 0 Å². The van der Waals surface area contributed by atoms with Crippen LogP contribution in [0.15, 0.2) is 24.7 Å². The summed E-state index contributed by atoms with van der Waals surface area (Å²) in [7, 11) is 0. The fourth-order valence-electron chi connectivity index (χ4n) is 1.68. The zero-order valence-electron chi connectivity index (χ0n) is 9.84. The lowest BCUT2D eigenvalue weighted by molar-refractivity contribution is 0.764. The van der Waals surface area contributed by atoms with E-state index in [0.717, 1.165) is 17.0 Å². The molecule has 2 heterocycles. The van der Waals surface area contributed by atoms with Crippen molar-refractivity contribution in [3.8, 4) is 0 Å². The normalized spacial score (nSPS) is 10.5. The van der Waals surface area contributed by atoms with Crippen LogP contribution in [-0.4, -0.2) is 19.5 Å². The number of thiocarbonyl (C=S) groups is 1. The first-order chi connectivity index (χ1) is 8.09. The molecule has 0 aliphatic heterocycles. The van der Waals surface area contributed by atoms with Crippen molar-refractivity contribution in [2.75, 3.05) is 0 Å². The number of pyridine rings is 1. The van der Waals surface area contributed by atoms with Crippen LogP contribution in [0.25, 0.3) is 0 Å². The minimum absolute atomic E-state index is 0.329. The van der Waals surface area contributed by atoms with Crippen LogP contribution in [0.3, 0.4) is 0 Å². The first-order valence-electron chi connectivity index (χ1n) is 5.31. The largest absolute Gasteiger partial charge is 0.388 e. The topological polar surface area (TPSA) is 56.7 Å². The highest BCUT2D eigenvalue weighted by atomic mass is 32.1. The van der Waals surface area contributed by atoms with E-state index >= 15 is 0 Å². The molecule has 2 N–H and O–H groups in total. The SMILES string of the molecule is Cc1ncn(Cc2cccnc2C(N)=S)c1C. The highest BCUT2D eigenvalue weighted by Crippen LogP contribution is 2.11. The van der Waals surface area contributed by atoms with Gasteiger partial charge in [0.1, 0.15) is 10.7 Å². The molecular formula is C12H14N4S. The molecule has 0 unspecified atom stereocenters. The lowest BCUT2D eigenvalue weighted by Gasteiger charge is -2.09. The van der Waals surface area contributed by atoms with Gasteiger partial charge in [0.25, 0.3) is 0 Å². The van der Waals surface area contributed by atoms with E-state index in [9.17, 15) is 0 Å². The number of imidazole rings is 1. The summed E-state index contributed by atoms with van der Waals surface area (Å²) in [5.74, 6) is 0. The maximum Gasteiger partial charge on any atom is 0.123 e. The molecule has 0 saturated carbocycles. The van der Waals surface area contributed by atoms with Crippen LogP contribution in [0.4, 0.5) is 0 Å². The van der Waals surface area contributed by atoms with Crippen molar-refractivity contribution >= 4 is 17.2 Å². The summed E-state index contributed by atoms with van der Waals surface area (Å²) in [6, 6.07) is 3.87. The molecule has 0 aromatic carbocycles. The summed E-state index contributed by atoms with van der Waals surface area (Å²) >= 11 is 4.99. The van der Waals surface area contributed by atoms with E-state index in [1.807, 2.05) is 32.3 Å². The average molecular weight is 246 g/mol. The molecule has 5 heteroatoms. The van der Waals surface area contributed by atoms with Crippen molar-refractivity contribution in [2.24, 2.45) is 5.73 Å². The molecule has 0 spiro atoms. The number of hydrogen-bond donors (Lipinski definition) is 1. The smallest absolute Gasteiger partial charge is 0.123 e. The van der Waals surface area contributed by atoms with Gasteiger partial charge in [0.2, 0.25) is 0 Å². The van der Waals surface area contributed by atoms with Crippen molar-refractivity contribution in [1.29, 1.82) is 0 Å². The maximum absolute atomic E-state index is 5.66. The number of aromatic nitrogens is 3. The van der Waals surface area contributed by atoms with E-state index in [2.05, 4.69) is 14.5 Å². The van der Waals surface area contributed by atoms with Crippen LogP contribution in [0.2, 0.25) is 0 Å². The first-order valence-corrected chi connectivity index (χ1v) is 5.72. The summed E-state index contributed by atoms with van der Waals surface area (Å²) in [4.78, 5) is 8.80. The Kier molecular flexibility index (Phi) is 3.19. The molecule has 0 atom stereocenters. The number of aryl methyl sites for hydroxylation is 1. The van der Waals surface area contributed by atoms with Crippen molar-refractivity contribution in [1.82, 2.24) is 14.5 Å². The van der Waals surface area contributed by atoms with Gasteiger partial charge in [-0.15, -0.1) is 0 Å². The van der Waals surface area contributed by atoms with Gasteiger partial charge in [0.05, 0.1) is 18.6 Å². The summed E-state index contributed by atoms with van der Waals surface area (Å²) in [5.41, 5.74) is 9.53. The van der Waals surface area contributed by atoms with Crippen molar-refractivity contribution in [3.05, 3.63) is 47.3 Å². The Balaban J connectivity index is 2.36. The molecule has 4 nitrogen and oxygen atoms in total. The lowest BCUT2D eigenvalue weighted by Crippen LogP contribution is -2.16. The molecule has 0 saturated heterocycles. The summed E-state index contributed by atoms with van der Waals surface area (Å²) in [6.45, 7) is 4.72. The summed E-state index contributed by atoms with van der Waals surface area (Å²) in [6.07, 6.45) is 3.52. The van der Waals surface area contributed by atoms with Gasteiger partial charge >= 0.3 is 0 Å². The Morgan fingerprint density at radius 3 is 2.76 bits per heavy atom. The molecule has 0 fully saturated rings. The fraction of sp³-hybridized carbons (Fsp3) is 0.250. The average Bonchev–Trinajstić information content (AvgIpc) is 2.61. The van der Waals surface area contributed by atoms with Crippen molar-refractivity contribution < 1.29 is 0 Å². The standard InChI is InChI=1S/C12H14N4S/c1-8-9(2)16(7-15-8)6-10-4-3-5-14-11(10)12(13)17/h3-5,7H,6H2,1-2H3,(H2,13,17). The number of hydrogen-bond acceptors (Lipinski definition) is 3. The van der Waals surface area contributed by atoms with Gasteiger partial charge in [0.15, 0.2) is 0 Å². The van der Waals surface area contributed by atoms with Crippen LogP contribution < -0.4 is 5.73 Å². The van der Waals surface area contributed by atoms with Gasteiger partial charge in [-0.25, -0.2) is 4.98 Å². The Labute approximate surface area is 106 Å². The van der Waals surface area contributed by atoms with Gasteiger partial charge in [-0.05, 0) is 19.9 Å². The van der Waals surface area contributed by atoms with Crippen LogP contribution in [0.5, 0.6) is 0 Å². The Morgan fingerprint density at radius 2 is 2.18 bits per heavy atom. The van der Waals surface area contributed by atoms with Gasteiger partial charge in [-0.2, -0.15) is 0 Å². The van der Waals surface area contributed by atoms with Gasteiger partial charge in [-0.3, -0.25) is 4.98 Å². The quantitative estimate of drug-likeness (QED) is 0.835. The zero-order chi connectivity index (χ0) is 12.4. The molecule has 2 aromatic rings. The van der Waals surface area contributed by atoms with Crippen LogP contribution in [0.1, 0.15) is 22.6 Å². The molecule has 0 bridgehead atoms. The highest BCUT2D eigenvalue weighted by molar-refractivity contribution is 7.80. The molecule has 0 aliphatic carbocycles. The predicted octanol–water partition coefficient (Wildman–Crippen LogP) is 1.58. The second kappa shape index (κ2) is 4.63. The molecule has 0 amide bonds. The van der Waals surface area contributed by atoms with Crippen LogP contribution in [-0.2, 0) is 6.54 Å². The van der Waals surface area contributed by atoms with Crippen LogP contribution in [0, 0.1) is 13.8 Å². The van der Waals surface area contributed by atoms with Crippen LogP contribution >= 0.6 is 12.2 Å². The number of rotatable bonds is 3. The molecule has 2 rings (SSSR count). The number of nitrogens with two attached hydrogens (primary N) is 1. The third kappa shape index (κ3) is 2.34. The molecule has 17 heavy (non-hydrogen) atoms. The van der Waals surface area contributed by atoms with Crippen molar-refractivity contribution in [3.63, 3.8) is 0 Å². The van der Waals surface area contributed by atoms with Gasteiger partial charge in [-0.1, -0.05) is 18.3 Å². The predicted molar refractivity (Wildman–Crippen MR) is 70.9 cm³/mol. The first kappa shape index (κ1) is 11.7. The Bertz CT molecular complexity index is 559. The van der Waals surface area contributed by atoms with Crippen molar-refractivity contribution in [2.45, 2.75) is 20.4 Å². The summed E-state index contributed by atoms with van der Waals surface area (Å²) < 4.78 is 2.06.